The maximum absolute atomic E-state index is 15.6. The number of nitrogens with one attached hydrogen (secondary N) is 2. The quantitative estimate of drug-likeness (QED) is 0.124. The molecule has 4 aromatic heterocycles. The molecular formula is C50H58FN10O6P. The maximum Gasteiger partial charge on any atom is 0.438 e. The first-order valence-electron chi connectivity index (χ1n) is 23.5. The molecule has 0 radical (unpaired) electrons. The first-order valence-corrected chi connectivity index (χ1v) is 25.5. The molecule has 2 aliphatic heterocycles. The van der Waals surface area contributed by atoms with Crippen molar-refractivity contribution in [3.05, 3.63) is 128 Å². The van der Waals surface area contributed by atoms with Gasteiger partial charge in [-0.2, -0.15) is 5.10 Å². The molecule has 3 aliphatic rings. The summed E-state index contributed by atoms with van der Waals surface area (Å²) in [6.07, 6.45) is 5.39. The van der Waals surface area contributed by atoms with Crippen LogP contribution in [-0.2, 0) is 21.3 Å². The zero-order valence-corrected chi connectivity index (χ0v) is 40.9. The Bertz CT molecular complexity index is 3310. The van der Waals surface area contributed by atoms with Crippen molar-refractivity contribution in [3.63, 3.8) is 0 Å². The van der Waals surface area contributed by atoms with Gasteiger partial charge in [0.15, 0.2) is 5.82 Å². The first kappa shape index (κ1) is 45.3. The van der Waals surface area contributed by atoms with Crippen molar-refractivity contribution in [1.29, 1.82) is 0 Å². The number of aryl methyl sites for hydroxylation is 2. The van der Waals surface area contributed by atoms with Gasteiger partial charge in [0.2, 0.25) is 0 Å². The van der Waals surface area contributed by atoms with Gasteiger partial charge in [-0.15, -0.1) is 0 Å². The minimum Gasteiger partial charge on any atom is -0.387 e. The molecular weight excluding hydrogens is 887 g/mol. The van der Waals surface area contributed by atoms with Gasteiger partial charge >= 0.3 is 11.4 Å². The molecule has 0 bridgehead atoms. The number of halogens is 1. The Morgan fingerprint density at radius 1 is 0.956 bits per heavy atom. The SMILES string of the molecule is CCP(=O)(CC)c1ccc(-n2ccn(-c3c4c(nn3-c3cc(C)c(F)c(C)c3)CCN(C(=O)c3cc5cc(N6CCOC(C)(C)C6)ccc5n3[C@@]3(c5noc(=O)[nH]5)C[C@@H]3C)[C@H]4C)c2=O)cc1NC. The Labute approximate surface area is 393 Å². The lowest BCUT2D eigenvalue weighted by Crippen LogP contribution is -2.48. The van der Waals surface area contributed by atoms with Crippen LogP contribution >= 0.6 is 7.14 Å². The van der Waals surface area contributed by atoms with Crippen LogP contribution in [0.5, 0.6) is 0 Å². The third-order valence-corrected chi connectivity index (χ3v) is 18.0. The van der Waals surface area contributed by atoms with Crippen LogP contribution in [0.2, 0.25) is 0 Å². The van der Waals surface area contributed by atoms with Crippen molar-refractivity contribution in [2.45, 2.75) is 85.4 Å². The summed E-state index contributed by atoms with van der Waals surface area (Å²) >= 11 is 0. The molecule has 16 nitrogen and oxygen atoms in total. The molecule has 356 valence electrons. The number of carbonyl (C=O) groups is 1. The number of amides is 1. The summed E-state index contributed by atoms with van der Waals surface area (Å²) in [6, 6.07) is 16.5. The topological polar surface area (TPSA) is 170 Å². The van der Waals surface area contributed by atoms with E-state index >= 15 is 9.18 Å². The van der Waals surface area contributed by atoms with Gasteiger partial charge in [-0.25, -0.2) is 18.7 Å². The standard InChI is InChI=1S/C50H58FN10O6P/c1-10-68(65,11-2)41-15-13-35(26-38(41)52-9)58-18-19-59(48(58)64)44-42-32(6)57(17-16-37(42)54-61(44)36-22-29(3)43(51)30(4)23-36)45(62)40-25-33-24-34(56-20-21-66-49(7,8)28-56)12-14-39(33)60(40)50(27-31(50)5)46-53-47(63)67-55-46/h12-15,18-19,22-26,31-32,52H,10-11,16-17,20-21,27-28H2,1-9H3,(H,53,55,63)/t31-,32-,50-/m0/s1. The zero-order valence-electron chi connectivity index (χ0n) is 40.0. The number of aromatic nitrogens is 7. The molecule has 1 saturated heterocycles. The van der Waals surface area contributed by atoms with E-state index in [0.29, 0.717) is 102 Å². The van der Waals surface area contributed by atoms with E-state index in [2.05, 4.69) is 53.3 Å². The summed E-state index contributed by atoms with van der Waals surface area (Å²) < 4.78 is 46.9. The smallest absolute Gasteiger partial charge is 0.387 e. The van der Waals surface area contributed by atoms with Gasteiger partial charge in [0.1, 0.15) is 30.0 Å². The number of H-pyrrole nitrogens is 1. The summed E-state index contributed by atoms with van der Waals surface area (Å²) in [5, 5.41) is 14.1. The molecule has 1 aliphatic carbocycles. The van der Waals surface area contributed by atoms with E-state index in [1.54, 1.807) is 50.1 Å². The van der Waals surface area contributed by atoms with Gasteiger partial charge in [-0.3, -0.25) is 23.4 Å². The lowest BCUT2D eigenvalue weighted by molar-refractivity contribution is -0.0276. The highest BCUT2D eigenvalue weighted by atomic mass is 31.2. The highest BCUT2D eigenvalue weighted by molar-refractivity contribution is 7.71. The normalized spacial score (nSPS) is 20.3. The molecule has 7 aromatic rings. The minimum absolute atomic E-state index is 0.00191. The Morgan fingerprint density at radius 3 is 2.31 bits per heavy atom. The number of rotatable bonds is 11. The van der Waals surface area contributed by atoms with Crippen LogP contribution in [0.3, 0.4) is 0 Å². The number of hydrogen-bond acceptors (Lipinski definition) is 10. The summed E-state index contributed by atoms with van der Waals surface area (Å²) in [6.45, 7) is 17.8. The van der Waals surface area contributed by atoms with E-state index in [4.69, 9.17) is 14.4 Å². The van der Waals surface area contributed by atoms with Crippen LogP contribution in [-0.4, -0.2) is 95.6 Å². The highest BCUT2D eigenvalue weighted by Crippen LogP contribution is 2.56. The molecule has 2 N–H and O–H groups in total. The number of imidazole rings is 1. The Balaban J connectivity index is 1.11. The molecule has 6 heterocycles. The van der Waals surface area contributed by atoms with Crippen LogP contribution in [0.15, 0.2) is 81.1 Å². The average molecular weight is 945 g/mol. The maximum atomic E-state index is 15.6. The van der Waals surface area contributed by atoms with E-state index in [1.165, 1.54) is 9.13 Å². The number of hydrogen-bond donors (Lipinski definition) is 2. The van der Waals surface area contributed by atoms with E-state index in [-0.39, 0.29) is 23.2 Å². The number of fused-ring (bicyclic) bond motifs is 2. The van der Waals surface area contributed by atoms with Crippen molar-refractivity contribution < 1.29 is 23.0 Å². The minimum atomic E-state index is -2.66. The number of morpholine rings is 1. The number of aromatic amines is 1. The van der Waals surface area contributed by atoms with Crippen molar-refractivity contribution in [3.8, 4) is 17.2 Å². The largest absolute Gasteiger partial charge is 0.438 e. The third kappa shape index (κ3) is 7.10. The second-order valence-corrected chi connectivity index (χ2v) is 22.8. The fourth-order valence-corrected chi connectivity index (χ4v) is 12.9. The number of benzene rings is 3. The highest BCUT2D eigenvalue weighted by Gasteiger charge is 2.59. The fourth-order valence-electron chi connectivity index (χ4n) is 10.9. The molecule has 3 aromatic carbocycles. The van der Waals surface area contributed by atoms with Crippen LogP contribution in [0.25, 0.3) is 28.1 Å². The Morgan fingerprint density at radius 2 is 1.66 bits per heavy atom. The first-order chi connectivity index (χ1) is 32.4. The summed E-state index contributed by atoms with van der Waals surface area (Å²) in [5.74, 6) is -0.456. The van der Waals surface area contributed by atoms with Gasteiger partial charge in [0.05, 0.1) is 35.3 Å². The second kappa shape index (κ2) is 16.4. The molecule has 0 spiro atoms. The van der Waals surface area contributed by atoms with Gasteiger partial charge in [0.25, 0.3) is 5.91 Å². The fraction of sp³-hybridized carbons (Fsp3) is 0.420. The van der Waals surface area contributed by atoms with Gasteiger partial charge in [0, 0.05) is 91.0 Å². The monoisotopic (exact) mass is 944 g/mol. The van der Waals surface area contributed by atoms with Crippen molar-refractivity contribution in [2.24, 2.45) is 5.92 Å². The predicted octanol–water partition coefficient (Wildman–Crippen LogP) is 7.43. The Kier molecular flexibility index (Phi) is 10.9. The summed E-state index contributed by atoms with van der Waals surface area (Å²) in [7, 11) is -0.879. The predicted molar refractivity (Wildman–Crippen MR) is 261 cm³/mol. The molecule has 3 atom stereocenters. The van der Waals surface area contributed by atoms with Crippen molar-refractivity contribution >= 4 is 40.6 Å². The number of anilines is 2. The lowest BCUT2D eigenvalue weighted by Gasteiger charge is -2.39. The molecule has 1 saturated carbocycles. The average Bonchev–Trinajstić information content (AvgIpc) is 3.82. The van der Waals surface area contributed by atoms with Gasteiger partial charge in [-0.1, -0.05) is 25.9 Å². The lowest BCUT2D eigenvalue weighted by atomic mass is 9.98. The molecule has 0 unspecified atom stereocenters. The molecule has 68 heavy (non-hydrogen) atoms. The van der Waals surface area contributed by atoms with Crippen LogP contribution in [0, 0.1) is 25.6 Å². The van der Waals surface area contributed by atoms with E-state index in [9.17, 15) is 14.2 Å². The van der Waals surface area contributed by atoms with Crippen LogP contribution in [0.1, 0.15) is 92.7 Å². The van der Waals surface area contributed by atoms with Crippen LogP contribution in [0.4, 0.5) is 15.8 Å². The summed E-state index contributed by atoms with van der Waals surface area (Å²) in [5.41, 5.74) is 4.73. The second-order valence-electron chi connectivity index (χ2n) is 19.3. The van der Waals surface area contributed by atoms with E-state index in [1.807, 2.05) is 60.6 Å². The molecule has 1 amide bonds. The van der Waals surface area contributed by atoms with Gasteiger partial charge < -0.3 is 29.0 Å². The van der Waals surface area contributed by atoms with Crippen LogP contribution < -0.4 is 27.0 Å². The number of ether oxygens (including phenoxy) is 1. The van der Waals surface area contributed by atoms with Crippen molar-refractivity contribution in [2.75, 3.05) is 55.8 Å². The van der Waals surface area contributed by atoms with Crippen molar-refractivity contribution in [1.82, 2.24) is 38.5 Å². The summed E-state index contributed by atoms with van der Waals surface area (Å²) in [4.78, 5) is 49.9. The van der Waals surface area contributed by atoms with Gasteiger partial charge in [-0.05, 0) is 113 Å². The Hall–Kier alpha value is -6.45. The molecule has 10 rings (SSSR count). The number of nitrogens with zero attached hydrogens (tertiary/aromatic N) is 8. The van der Waals surface area contributed by atoms with E-state index in [0.717, 1.165) is 28.4 Å². The number of carbonyl (C=O) groups excluding carboxylic acids is 1. The molecule has 18 heteroatoms. The third-order valence-electron chi connectivity index (χ3n) is 14.7. The zero-order chi connectivity index (χ0) is 48.2. The molecule has 2 fully saturated rings. The van der Waals surface area contributed by atoms with E-state index < -0.39 is 30.2 Å².